The van der Waals surface area contributed by atoms with Gasteiger partial charge in [0, 0.05) is 15.6 Å². The van der Waals surface area contributed by atoms with Crippen LogP contribution in [0.15, 0.2) is 16.6 Å². The van der Waals surface area contributed by atoms with Gasteiger partial charge in [0.25, 0.3) is 0 Å². The largest absolute Gasteiger partial charge is 0.343 e. The summed E-state index contributed by atoms with van der Waals surface area (Å²) in [6, 6.07) is 5.72. The van der Waals surface area contributed by atoms with Gasteiger partial charge < -0.3 is 4.98 Å². The monoisotopic (exact) mass is 235 g/mol. The van der Waals surface area contributed by atoms with E-state index in [0.717, 1.165) is 21.2 Å². The molecular weight excluding hydrogens is 230 g/mol. The molecule has 4 heteroatoms. The number of hydrogen-bond acceptors (Lipinski definition) is 2. The number of nitrogens with one attached hydrogen (secondary N) is 1. The van der Waals surface area contributed by atoms with Gasteiger partial charge in [-0.2, -0.15) is 5.26 Å². The highest BCUT2D eigenvalue weighted by Gasteiger charge is 2.05. The Morgan fingerprint density at radius 3 is 3.00 bits per heavy atom. The molecule has 0 unspecified atom stereocenters. The normalized spacial score (nSPS) is 10.2. The fourth-order valence-electron chi connectivity index (χ4n) is 1.25. The van der Waals surface area contributed by atoms with Crippen molar-refractivity contribution in [2.75, 3.05) is 0 Å². The maximum atomic E-state index is 8.68. The highest BCUT2D eigenvalue weighted by atomic mass is 79.9. The predicted molar refractivity (Wildman–Crippen MR) is 53.2 cm³/mol. The molecule has 64 valence electrons. The second-order valence-electron chi connectivity index (χ2n) is 2.82. The Morgan fingerprint density at radius 1 is 1.54 bits per heavy atom. The first-order valence-electron chi connectivity index (χ1n) is 3.76. The third kappa shape index (κ3) is 1.31. The molecule has 3 nitrogen and oxygen atoms in total. The average Bonchev–Trinajstić information content (AvgIpc) is 2.46. The fraction of sp³-hybridized carbons (Fsp3) is 0.111. The summed E-state index contributed by atoms with van der Waals surface area (Å²) in [4.78, 5) is 7.21. The molecule has 0 amide bonds. The summed E-state index contributed by atoms with van der Waals surface area (Å²) in [5.41, 5.74) is 2.21. The summed E-state index contributed by atoms with van der Waals surface area (Å²) in [6.07, 6.45) is 0. The van der Waals surface area contributed by atoms with Gasteiger partial charge in [0.1, 0.15) is 17.4 Å². The Balaban J connectivity index is 2.85. The molecule has 0 aromatic carbocycles. The van der Waals surface area contributed by atoms with Crippen molar-refractivity contribution in [3.05, 3.63) is 28.0 Å². The van der Waals surface area contributed by atoms with Crippen molar-refractivity contribution in [1.29, 1.82) is 5.26 Å². The van der Waals surface area contributed by atoms with E-state index in [1.54, 1.807) is 6.07 Å². The van der Waals surface area contributed by atoms with Crippen LogP contribution in [-0.2, 0) is 0 Å². The molecule has 0 fully saturated rings. The second-order valence-corrected chi connectivity index (χ2v) is 3.67. The Bertz CT molecular complexity index is 507. The van der Waals surface area contributed by atoms with Crippen LogP contribution in [0, 0.1) is 18.3 Å². The Labute approximate surface area is 83.5 Å². The van der Waals surface area contributed by atoms with Gasteiger partial charge in [0.05, 0.1) is 0 Å². The molecule has 0 bridgehead atoms. The van der Waals surface area contributed by atoms with Gasteiger partial charge in [0.15, 0.2) is 0 Å². The summed E-state index contributed by atoms with van der Waals surface area (Å²) in [7, 11) is 0. The summed E-state index contributed by atoms with van der Waals surface area (Å²) in [5.74, 6) is 0. The average molecular weight is 236 g/mol. The number of rotatable bonds is 0. The van der Waals surface area contributed by atoms with Crippen molar-refractivity contribution in [2.45, 2.75) is 6.92 Å². The molecule has 0 saturated carbocycles. The van der Waals surface area contributed by atoms with Gasteiger partial charge in [-0.1, -0.05) is 0 Å². The van der Waals surface area contributed by atoms with E-state index in [4.69, 9.17) is 5.26 Å². The standard InChI is InChI=1S/C9H6BrN3/c1-5-2-7-8(10)3-6(4-11)13-9(7)12-5/h2-3H,1H3,(H,12,13). The molecule has 0 spiro atoms. The lowest BCUT2D eigenvalue weighted by molar-refractivity contribution is 1.23. The highest BCUT2D eigenvalue weighted by molar-refractivity contribution is 9.10. The third-order valence-corrected chi connectivity index (χ3v) is 2.46. The SMILES string of the molecule is Cc1cc2c(Br)cc(C#N)nc2[nH]1. The van der Waals surface area contributed by atoms with Crippen LogP contribution in [0.5, 0.6) is 0 Å². The van der Waals surface area contributed by atoms with E-state index >= 15 is 0 Å². The number of aromatic nitrogens is 2. The summed E-state index contributed by atoms with van der Waals surface area (Å²) in [6.45, 7) is 1.96. The minimum atomic E-state index is 0.418. The van der Waals surface area contributed by atoms with Gasteiger partial charge in [-0.3, -0.25) is 0 Å². The van der Waals surface area contributed by atoms with Crippen molar-refractivity contribution < 1.29 is 0 Å². The van der Waals surface area contributed by atoms with E-state index in [9.17, 15) is 0 Å². The van der Waals surface area contributed by atoms with Crippen LogP contribution in [0.1, 0.15) is 11.4 Å². The summed E-state index contributed by atoms with van der Waals surface area (Å²) in [5, 5.41) is 9.69. The molecule has 13 heavy (non-hydrogen) atoms. The number of halogens is 1. The van der Waals surface area contributed by atoms with Crippen LogP contribution in [0.2, 0.25) is 0 Å². The number of aromatic amines is 1. The number of aryl methyl sites for hydroxylation is 1. The predicted octanol–water partition coefficient (Wildman–Crippen LogP) is 2.51. The van der Waals surface area contributed by atoms with Crippen molar-refractivity contribution in [3.8, 4) is 6.07 Å². The number of fused-ring (bicyclic) bond motifs is 1. The Morgan fingerprint density at radius 2 is 2.31 bits per heavy atom. The first-order valence-corrected chi connectivity index (χ1v) is 4.56. The molecule has 0 saturated heterocycles. The second kappa shape index (κ2) is 2.86. The lowest BCUT2D eigenvalue weighted by Crippen LogP contribution is -1.83. The van der Waals surface area contributed by atoms with Crippen LogP contribution in [-0.4, -0.2) is 9.97 Å². The van der Waals surface area contributed by atoms with Crippen LogP contribution in [0.25, 0.3) is 11.0 Å². The van der Waals surface area contributed by atoms with Crippen LogP contribution in [0.3, 0.4) is 0 Å². The third-order valence-electron chi connectivity index (χ3n) is 1.80. The molecule has 0 aliphatic carbocycles. The van der Waals surface area contributed by atoms with Gasteiger partial charge in [0.2, 0.25) is 0 Å². The molecular formula is C9H6BrN3. The zero-order valence-electron chi connectivity index (χ0n) is 6.93. The number of nitriles is 1. The Hall–Kier alpha value is -1.34. The van der Waals surface area contributed by atoms with Crippen LogP contribution >= 0.6 is 15.9 Å². The number of hydrogen-bond donors (Lipinski definition) is 1. The molecule has 2 heterocycles. The maximum Gasteiger partial charge on any atom is 0.144 e. The molecule has 0 radical (unpaired) electrons. The Kier molecular flexibility index (Phi) is 1.82. The number of H-pyrrole nitrogens is 1. The molecule has 1 N–H and O–H groups in total. The van der Waals surface area contributed by atoms with Crippen LogP contribution < -0.4 is 0 Å². The molecule has 0 aliphatic rings. The molecule has 2 aromatic heterocycles. The van der Waals surface area contributed by atoms with E-state index in [-0.39, 0.29) is 0 Å². The molecule has 0 atom stereocenters. The van der Waals surface area contributed by atoms with Crippen molar-refractivity contribution in [2.24, 2.45) is 0 Å². The van der Waals surface area contributed by atoms with Crippen LogP contribution in [0.4, 0.5) is 0 Å². The van der Waals surface area contributed by atoms with Crippen molar-refractivity contribution in [3.63, 3.8) is 0 Å². The topological polar surface area (TPSA) is 52.5 Å². The minimum Gasteiger partial charge on any atom is -0.343 e. The van der Waals surface area contributed by atoms with Gasteiger partial charge >= 0.3 is 0 Å². The van der Waals surface area contributed by atoms with Crippen molar-refractivity contribution in [1.82, 2.24) is 9.97 Å². The smallest absolute Gasteiger partial charge is 0.144 e. The lowest BCUT2D eigenvalue weighted by atomic mass is 10.3. The highest BCUT2D eigenvalue weighted by Crippen LogP contribution is 2.23. The number of nitrogens with zero attached hydrogens (tertiary/aromatic N) is 2. The summed E-state index contributed by atoms with van der Waals surface area (Å²) < 4.78 is 0.901. The minimum absolute atomic E-state index is 0.418. The molecule has 2 rings (SSSR count). The maximum absolute atomic E-state index is 8.68. The first kappa shape index (κ1) is 8.27. The zero-order chi connectivity index (χ0) is 9.42. The quantitative estimate of drug-likeness (QED) is 0.763. The van der Waals surface area contributed by atoms with E-state index in [1.807, 2.05) is 19.1 Å². The summed E-state index contributed by atoms with van der Waals surface area (Å²) >= 11 is 3.39. The van der Waals surface area contributed by atoms with Gasteiger partial charge in [-0.05, 0) is 35.0 Å². The van der Waals surface area contributed by atoms with E-state index in [0.29, 0.717) is 5.69 Å². The lowest BCUT2D eigenvalue weighted by Gasteiger charge is -1.93. The zero-order valence-corrected chi connectivity index (χ0v) is 8.51. The molecule has 2 aromatic rings. The fourth-order valence-corrected chi connectivity index (χ4v) is 1.77. The van der Waals surface area contributed by atoms with Gasteiger partial charge in [-0.25, -0.2) is 4.98 Å². The first-order chi connectivity index (χ1) is 6.20. The van der Waals surface area contributed by atoms with Gasteiger partial charge in [-0.15, -0.1) is 0 Å². The number of pyridine rings is 1. The van der Waals surface area contributed by atoms with E-state index in [1.165, 1.54) is 0 Å². The molecule has 0 aliphatic heterocycles. The van der Waals surface area contributed by atoms with Crippen molar-refractivity contribution >= 4 is 27.0 Å². The van der Waals surface area contributed by atoms with E-state index < -0.39 is 0 Å². The van der Waals surface area contributed by atoms with E-state index in [2.05, 4.69) is 25.9 Å².